The number of hydrogen-bond acceptors (Lipinski definition) is 2. The van der Waals surface area contributed by atoms with Gasteiger partial charge in [0.1, 0.15) is 4.87 Å². The molecule has 0 N–H and O–H groups in total. The quantitative estimate of drug-likeness (QED) is 0.413. The molecule has 3 heteroatoms. The smallest absolute Gasteiger partial charge is 0.219 e. The molecule has 1 saturated carbocycles. The molecule has 62 valence electrons. The Labute approximate surface area is 70.9 Å². The van der Waals surface area contributed by atoms with Crippen molar-refractivity contribution in [2.45, 2.75) is 32.1 Å². The molecule has 1 aliphatic carbocycles. The highest BCUT2D eigenvalue weighted by Gasteiger charge is 2.53. The van der Waals surface area contributed by atoms with Crippen LogP contribution in [0.3, 0.4) is 0 Å². The lowest BCUT2D eigenvalue weighted by Gasteiger charge is -2.15. The highest BCUT2D eigenvalue weighted by atomic mass is 35.5. The molecule has 1 fully saturated rings. The first-order valence-electron chi connectivity index (χ1n) is 3.55. The predicted molar refractivity (Wildman–Crippen MR) is 42.7 cm³/mol. The molecular weight excluding hydrogens is 164 g/mol. The molecule has 2 nitrogen and oxygen atoms in total. The summed E-state index contributed by atoms with van der Waals surface area (Å²) in [4.78, 5) is 21.4. The lowest BCUT2D eigenvalue weighted by Crippen LogP contribution is -2.26. The van der Waals surface area contributed by atoms with E-state index in [2.05, 4.69) is 0 Å². The molecule has 0 amide bonds. The number of carbonyl (C=O) groups excluding carboxylic acids is 2. The first kappa shape index (κ1) is 8.72. The van der Waals surface area contributed by atoms with Crippen LogP contribution in [0.25, 0.3) is 0 Å². The second-order valence-corrected chi connectivity index (χ2v) is 4.75. The minimum absolute atomic E-state index is 0.338. The molecule has 0 aromatic rings. The summed E-state index contributed by atoms with van der Waals surface area (Å²) in [5.41, 5.74) is -0.562. The van der Waals surface area contributed by atoms with Crippen molar-refractivity contribution in [3.63, 3.8) is 0 Å². The number of halogens is 1. The molecule has 1 unspecified atom stereocenters. The van der Waals surface area contributed by atoms with Crippen LogP contribution >= 0.6 is 11.6 Å². The second-order valence-electron chi connectivity index (χ2n) is 3.92. The van der Waals surface area contributed by atoms with Crippen molar-refractivity contribution in [2.24, 2.45) is 5.41 Å². The average Bonchev–Trinajstić information content (AvgIpc) is 1.91. The number of hydrogen-bond donors (Lipinski definition) is 0. The van der Waals surface area contributed by atoms with Crippen molar-refractivity contribution in [1.82, 2.24) is 0 Å². The van der Waals surface area contributed by atoms with E-state index in [1.165, 1.54) is 0 Å². The van der Waals surface area contributed by atoms with Gasteiger partial charge in [-0.1, -0.05) is 13.8 Å². The Morgan fingerprint density at radius 2 is 1.64 bits per heavy atom. The third kappa shape index (κ3) is 1.20. The molecular formula is C8H11ClO2. The molecule has 1 rings (SSSR count). The van der Waals surface area contributed by atoms with Gasteiger partial charge in [0.15, 0.2) is 0 Å². The molecule has 0 aromatic carbocycles. The van der Waals surface area contributed by atoms with Gasteiger partial charge in [0.05, 0.1) is 0 Å². The highest BCUT2D eigenvalue weighted by molar-refractivity contribution is 6.55. The van der Waals surface area contributed by atoms with Crippen LogP contribution in [0.1, 0.15) is 27.2 Å². The van der Waals surface area contributed by atoms with Gasteiger partial charge in [0.25, 0.3) is 0 Å². The zero-order chi connectivity index (χ0) is 8.86. The minimum atomic E-state index is -0.958. The van der Waals surface area contributed by atoms with Crippen LogP contribution in [0.2, 0.25) is 0 Å². The van der Waals surface area contributed by atoms with E-state index in [4.69, 9.17) is 11.6 Å². The van der Waals surface area contributed by atoms with Crippen LogP contribution in [0, 0.1) is 5.41 Å². The first-order valence-corrected chi connectivity index (χ1v) is 3.93. The van der Waals surface area contributed by atoms with Crippen molar-refractivity contribution < 1.29 is 9.59 Å². The molecule has 0 aromatic heterocycles. The fourth-order valence-electron chi connectivity index (χ4n) is 1.53. The van der Waals surface area contributed by atoms with E-state index in [0.29, 0.717) is 6.42 Å². The molecule has 0 radical (unpaired) electrons. The van der Waals surface area contributed by atoms with Crippen LogP contribution in [0.4, 0.5) is 0 Å². The molecule has 0 bridgehead atoms. The Kier molecular flexibility index (Phi) is 1.64. The van der Waals surface area contributed by atoms with Gasteiger partial charge in [0.2, 0.25) is 11.6 Å². The standard InChI is InChI=1S/C8H11ClO2/c1-7(2)4-8(3,9)6(11)5(7)10/h4H2,1-3H3. The molecule has 1 atom stereocenters. The zero-order valence-electron chi connectivity index (χ0n) is 6.90. The Morgan fingerprint density at radius 1 is 1.18 bits per heavy atom. The summed E-state index contributed by atoms with van der Waals surface area (Å²) in [5.74, 6) is -0.779. The third-order valence-corrected chi connectivity index (χ3v) is 2.37. The number of ketones is 2. The maximum atomic E-state index is 11.2. The molecule has 0 aliphatic heterocycles. The van der Waals surface area contributed by atoms with Gasteiger partial charge >= 0.3 is 0 Å². The van der Waals surface area contributed by atoms with Crippen molar-refractivity contribution in [3.05, 3.63) is 0 Å². The lowest BCUT2D eigenvalue weighted by molar-refractivity contribution is -0.138. The zero-order valence-corrected chi connectivity index (χ0v) is 7.66. The lowest BCUT2D eigenvalue weighted by atomic mass is 9.90. The molecule has 0 heterocycles. The van der Waals surface area contributed by atoms with Gasteiger partial charge in [-0.2, -0.15) is 0 Å². The maximum Gasteiger partial charge on any atom is 0.219 e. The SMILES string of the molecule is CC1(C)CC(C)(Cl)C(=O)C1=O. The normalized spacial score (nSPS) is 36.4. The number of Topliss-reactive ketones (excluding diaryl/α,β-unsaturated/α-hetero) is 2. The van der Waals surface area contributed by atoms with Crippen LogP contribution in [0.5, 0.6) is 0 Å². The fraction of sp³-hybridized carbons (Fsp3) is 0.750. The van der Waals surface area contributed by atoms with Crippen molar-refractivity contribution in [2.75, 3.05) is 0 Å². The fourth-order valence-corrected chi connectivity index (χ4v) is 1.95. The Morgan fingerprint density at radius 3 is 1.73 bits per heavy atom. The summed E-state index contributed by atoms with van der Waals surface area (Å²) in [7, 11) is 0. The predicted octanol–water partition coefficient (Wildman–Crippen LogP) is 1.55. The highest BCUT2D eigenvalue weighted by Crippen LogP contribution is 2.41. The van der Waals surface area contributed by atoms with Crippen molar-refractivity contribution >= 4 is 23.2 Å². The average molecular weight is 175 g/mol. The van der Waals surface area contributed by atoms with E-state index in [1.54, 1.807) is 20.8 Å². The van der Waals surface area contributed by atoms with E-state index < -0.39 is 16.1 Å². The Balaban J connectivity index is 3.06. The largest absolute Gasteiger partial charge is 0.290 e. The summed E-state index contributed by atoms with van der Waals surface area (Å²) >= 11 is 5.83. The van der Waals surface area contributed by atoms with Crippen LogP contribution in [-0.4, -0.2) is 16.4 Å². The number of alkyl halides is 1. The molecule has 0 spiro atoms. The topological polar surface area (TPSA) is 34.1 Å². The summed E-state index contributed by atoms with van der Waals surface area (Å²) < 4.78 is 0. The maximum absolute atomic E-state index is 11.2. The summed E-state index contributed by atoms with van der Waals surface area (Å²) in [6, 6.07) is 0. The van der Waals surface area contributed by atoms with Gasteiger partial charge in [-0.3, -0.25) is 9.59 Å². The molecule has 11 heavy (non-hydrogen) atoms. The minimum Gasteiger partial charge on any atom is -0.290 e. The van der Waals surface area contributed by atoms with Gasteiger partial charge in [-0.05, 0) is 13.3 Å². The van der Waals surface area contributed by atoms with Gasteiger partial charge in [0, 0.05) is 5.41 Å². The molecule has 0 saturated heterocycles. The Bertz CT molecular complexity index is 204. The van der Waals surface area contributed by atoms with E-state index in [-0.39, 0.29) is 5.78 Å². The van der Waals surface area contributed by atoms with E-state index in [0.717, 1.165) is 0 Å². The van der Waals surface area contributed by atoms with Gasteiger partial charge in [-0.15, -0.1) is 11.6 Å². The van der Waals surface area contributed by atoms with Crippen LogP contribution in [0.15, 0.2) is 0 Å². The first-order chi connectivity index (χ1) is 4.77. The summed E-state index contributed by atoms with van der Waals surface area (Å²) in [6.07, 6.45) is 0.444. The van der Waals surface area contributed by atoms with E-state index in [1.807, 2.05) is 0 Å². The summed E-state index contributed by atoms with van der Waals surface area (Å²) in [6.45, 7) is 5.10. The Hall–Kier alpha value is -0.370. The third-order valence-electron chi connectivity index (χ3n) is 2.07. The second kappa shape index (κ2) is 2.07. The summed E-state index contributed by atoms with van der Waals surface area (Å²) in [5, 5.41) is 0. The van der Waals surface area contributed by atoms with Crippen LogP contribution < -0.4 is 0 Å². The molecule has 1 aliphatic rings. The monoisotopic (exact) mass is 174 g/mol. The van der Waals surface area contributed by atoms with E-state index in [9.17, 15) is 9.59 Å². The van der Waals surface area contributed by atoms with Gasteiger partial charge < -0.3 is 0 Å². The van der Waals surface area contributed by atoms with Gasteiger partial charge in [-0.25, -0.2) is 0 Å². The number of carbonyl (C=O) groups is 2. The van der Waals surface area contributed by atoms with Crippen molar-refractivity contribution in [1.29, 1.82) is 0 Å². The number of rotatable bonds is 0. The van der Waals surface area contributed by atoms with Crippen LogP contribution in [-0.2, 0) is 9.59 Å². The van der Waals surface area contributed by atoms with E-state index >= 15 is 0 Å². The van der Waals surface area contributed by atoms with Crippen molar-refractivity contribution in [3.8, 4) is 0 Å².